The SMILES string of the molecule is CNc1cc(C(C)C)ccc1N.N. The van der Waals surface area contributed by atoms with Gasteiger partial charge in [0.25, 0.3) is 0 Å². The lowest BCUT2D eigenvalue weighted by atomic mass is 10.0. The first-order valence-corrected chi connectivity index (χ1v) is 4.22. The zero-order valence-electron chi connectivity index (χ0n) is 8.59. The number of hydrogen-bond donors (Lipinski definition) is 3. The van der Waals surface area contributed by atoms with E-state index >= 15 is 0 Å². The summed E-state index contributed by atoms with van der Waals surface area (Å²) < 4.78 is 0. The van der Waals surface area contributed by atoms with E-state index in [2.05, 4.69) is 31.3 Å². The molecule has 1 rings (SSSR count). The average Bonchev–Trinajstić information content (AvgIpc) is 2.05. The van der Waals surface area contributed by atoms with Gasteiger partial charge in [-0.3, -0.25) is 0 Å². The van der Waals surface area contributed by atoms with Crippen LogP contribution in [0.25, 0.3) is 0 Å². The molecular weight excluding hydrogens is 162 g/mol. The fourth-order valence-electron chi connectivity index (χ4n) is 1.15. The summed E-state index contributed by atoms with van der Waals surface area (Å²) in [5.41, 5.74) is 8.87. The Morgan fingerprint density at radius 2 is 1.92 bits per heavy atom. The van der Waals surface area contributed by atoms with Crippen molar-refractivity contribution in [2.24, 2.45) is 0 Å². The van der Waals surface area contributed by atoms with Gasteiger partial charge in [0.15, 0.2) is 0 Å². The molecule has 1 aromatic rings. The van der Waals surface area contributed by atoms with Gasteiger partial charge in [-0.15, -0.1) is 0 Å². The second-order valence-electron chi connectivity index (χ2n) is 3.25. The van der Waals surface area contributed by atoms with Crippen LogP contribution in [-0.2, 0) is 0 Å². The van der Waals surface area contributed by atoms with Crippen LogP contribution in [0.3, 0.4) is 0 Å². The normalized spacial score (nSPS) is 9.54. The van der Waals surface area contributed by atoms with E-state index in [0.29, 0.717) is 5.92 Å². The molecule has 0 aromatic heterocycles. The molecule has 0 unspecified atom stereocenters. The molecule has 13 heavy (non-hydrogen) atoms. The zero-order valence-corrected chi connectivity index (χ0v) is 8.59. The smallest absolute Gasteiger partial charge is 0.0574 e. The fourth-order valence-corrected chi connectivity index (χ4v) is 1.15. The van der Waals surface area contributed by atoms with Crippen molar-refractivity contribution in [3.05, 3.63) is 23.8 Å². The van der Waals surface area contributed by atoms with Gasteiger partial charge in [-0.1, -0.05) is 19.9 Å². The van der Waals surface area contributed by atoms with E-state index in [9.17, 15) is 0 Å². The summed E-state index contributed by atoms with van der Waals surface area (Å²) >= 11 is 0. The van der Waals surface area contributed by atoms with Gasteiger partial charge < -0.3 is 17.2 Å². The minimum Gasteiger partial charge on any atom is -0.397 e. The van der Waals surface area contributed by atoms with Crippen LogP contribution in [0, 0.1) is 0 Å². The van der Waals surface area contributed by atoms with Gasteiger partial charge in [0.2, 0.25) is 0 Å². The Morgan fingerprint density at radius 1 is 1.31 bits per heavy atom. The highest BCUT2D eigenvalue weighted by Gasteiger charge is 2.01. The Balaban J connectivity index is 0.00000144. The Hall–Kier alpha value is -1.22. The quantitative estimate of drug-likeness (QED) is 0.614. The Kier molecular flexibility index (Phi) is 4.28. The van der Waals surface area contributed by atoms with E-state index < -0.39 is 0 Å². The molecule has 0 saturated carbocycles. The standard InChI is InChI=1S/C10H16N2.H3N/c1-7(2)8-4-5-9(11)10(6-8)12-3;/h4-7,12H,11H2,1-3H3;1H3. The fraction of sp³-hybridized carbons (Fsp3) is 0.400. The zero-order chi connectivity index (χ0) is 9.14. The van der Waals surface area contributed by atoms with Crippen molar-refractivity contribution in [2.45, 2.75) is 19.8 Å². The maximum Gasteiger partial charge on any atom is 0.0574 e. The summed E-state index contributed by atoms with van der Waals surface area (Å²) in [4.78, 5) is 0. The van der Waals surface area contributed by atoms with E-state index in [0.717, 1.165) is 11.4 Å². The number of anilines is 2. The molecular formula is C10H19N3. The predicted molar refractivity (Wildman–Crippen MR) is 59.5 cm³/mol. The lowest BCUT2D eigenvalue weighted by molar-refractivity contribution is 0.867. The Morgan fingerprint density at radius 3 is 2.38 bits per heavy atom. The Bertz CT molecular complexity index is 269. The highest BCUT2D eigenvalue weighted by molar-refractivity contribution is 5.66. The van der Waals surface area contributed by atoms with Crippen LogP contribution >= 0.6 is 0 Å². The third kappa shape index (κ3) is 2.63. The molecule has 0 aliphatic rings. The average molecular weight is 181 g/mol. The van der Waals surface area contributed by atoms with Crippen molar-refractivity contribution in [2.75, 3.05) is 18.1 Å². The van der Waals surface area contributed by atoms with E-state index in [-0.39, 0.29) is 6.15 Å². The molecule has 3 heteroatoms. The van der Waals surface area contributed by atoms with Gasteiger partial charge in [0.1, 0.15) is 0 Å². The molecule has 0 bridgehead atoms. The number of nitrogens with two attached hydrogens (primary N) is 1. The van der Waals surface area contributed by atoms with Crippen molar-refractivity contribution in [1.29, 1.82) is 0 Å². The van der Waals surface area contributed by atoms with Crippen LogP contribution in [-0.4, -0.2) is 7.05 Å². The van der Waals surface area contributed by atoms with Crippen LogP contribution < -0.4 is 17.2 Å². The van der Waals surface area contributed by atoms with E-state index in [1.165, 1.54) is 5.56 Å². The first-order chi connectivity index (χ1) is 5.65. The summed E-state index contributed by atoms with van der Waals surface area (Å²) in [6.45, 7) is 4.34. The molecule has 0 aliphatic carbocycles. The third-order valence-electron chi connectivity index (χ3n) is 2.01. The second-order valence-corrected chi connectivity index (χ2v) is 3.25. The number of hydrogen-bond acceptors (Lipinski definition) is 3. The summed E-state index contributed by atoms with van der Waals surface area (Å²) in [5.74, 6) is 0.553. The molecule has 74 valence electrons. The maximum atomic E-state index is 5.74. The lowest BCUT2D eigenvalue weighted by Gasteiger charge is -2.10. The minimum atomic E-state index is 0. The molecule has 3 nitrogen and oxygen atoms in total. The summed E-state index contributed by atoms with van der Waals surface area (Å²) in [6.07, 6.45) is 0. The number of nitrogen functional groups attached to an aromatic ring is 1. The minimum absolute atomic E-state index is 0. The van der Waals surface area contributed by atoms with Crippen LogP contribution in [0.1, 0.15) is 25.3 Å². The molecule has 6 N–H and O–H groups in total. The molecule has 0 aliphatic heterocycles. The number of benzene rings is 1. The molecule has 0 atom stereocenters. The third-order valence-corrected chi connectivity index (χ3v) is 2.01. The van der Waals surface area contributed by atoms with Gasteiger partial charge in [0, 0.05) is 7.05 Å². The van der Waals surface area contributed by atoms with Crippen molar-refractivity contribution in [3.8, 4) is 0 Å². The largest absolute Gasteiger partial charge is 0.397 e. The van der Waals surface area contributed by atoms with Gasteiger partial charge in [-0.2, -0.15) is 0 Å². The van der Waals surface area contributed by atoms with Crippen molar-refractivity contribution >= 4 is 11.4 Å². The molecule has 0 spiro atoms. The van der Waals surface area contributed by atoms with Crippen molar-refractivity contribution in [3.63, 3.8) is 0 Å². The van der Waals surface area contributed by atoms with Gasteiger partial charge in [-0.05, 0) is 23.6 Å². The van der Waals surface area contributed by atoms with Gasteiger partial charge in [0.05, 0.1) is 11.4 Å². The summed E-state index contributed by atoms with van der Waals surface area (Å²) in [6, 6.07) is 6.11. The van der Waals surface area contributed by atoms with E-state index in [1.54, 1.807) is 0 Å². The molecule has 0 heterocycles. The predicted octanol–water partition coefficient (Wildman–Crippen LogP) is 2.60. The summed E-state index contributed by atoms with van der Waals surface area (Å²) in [7, 11) is 1.88. The molecule has 0 fully saturated rings. The monoisotopic (exact) mass is 181 g/mol. The molecule has 0 radical (unpaired) electrons. The second kappa shape index (κ2) is 4.72. The van der Waals surface area contributed by atoms with E-state index in [1.807, 2.05) is 13.1 Å². The number of rotatable bonds is 2. The highest BCUT2D eigenvalue weighted by Crippen LogP contribution is 2.23. The topological polar surface area (TPSA) is 73.0 Å². The van der Waals surface area contributed by atoms with Crippen LogP contribution in [0.2, 0.25) is 0 Å². The van der Waals surface area contributed by atoms with Crippen LogP contribution in [0.5, 0.6) is 0 Å². The lowest BCUT2D eigenvalue weighted by Crippen LogP contribution is -1.97. The summed E-state index contributed by atoms with van der Waals surface area (Å²) in [5, 5.41) is 3.07. The van der Waals surface area contributed by atoms with E-state index in [4.69, 9.17) is 5.73 Å². The highest BCUT2D eigenvalue weighted by atomic mass is 14.8. The number of nitrogens with one attached hydrogen (secondary N) is 1. The molecule has 0 saturated heterocycles. The first-order valence-electron chi connectivity index (χ1n) is 4.22. The Labute approximate surface area is 79.9 Å². The maximum absolute atomic E-state index is 5.74. The molecule has 0 amide bonds. The first kappa shape index (κ1) is 11.8. The van der Waals surface area contributed by atoms with Crippen LogP contribution in [0.4, 0.5) is 11.4 Å². The molecule has 1 aromatic carbocycles. The van der Waals surface area contributed by atoms with Crippen molar-refractivity contribution < 1.29 is 0 Å². The van der Waals surface area contributed by atoms with Gasteiger partial charge in [-0.25, -0.2) is 0 Å². The van der Waals surface area contributed by atoms with Crippen LogP contribution in [0.15, 0.2) is 18.2 Å². The van der Waals surface area contributed by atoms with Gasteiger partial charge >= 0.3 is 0 Å². The van der Waals surface area contributed by atoms with Crippen molar-refractivity contribution in [1.82, 2.24) is 6.15 Å².